The van der Waals surface area contributed by atoms with Crippen LogP contribution in [0.4, 0.5) is 5.69 Å². The first-order chi connectivity index (χ1) is 13.4. The second kappa shape index (κ2) is 10.8. The van der Waals surface area contributed by atoms with Crippen LogP contribution in [0.1, 0.15) is 37.4 Å². The molecule has 2 rings (SSSR count). The van der Waals surface area contributed by atoms with Crippen molar-refractivity contribution in [2.75, 3.05) is 25.0 Å². The minimum absolute atomic E-state index is 0.130. The minimum atomic E-state index is -0.203. The van der Waals surface area contributed by atoms with E-state index in [1.165, 1.54) is 0 Å². The number of carbonyl (C=O) groups is 2. The molecule has 0 aliphatic rings. The lowest BCUT2D eigenvalue weighted by Crippen LogP contribution is -2.42. The fourth-order valence-electron chi connectivity index (χ4n) is 3.03. The molecule has 2 N–H and O–H groups in total. The van der Waals surface area contributed by atoms with Crippen molar-refractivity contribution in [1.29, 1.82) is 0 Å². The van der Waals surface area contributed by atoms with Gasteiger partial charge in [-0.25, -0.2) is 0 Å². The molecule has 0 radical (unpaired) electrons. The van der Waals surface area contributed by atoms with Crippen molar-refractivity contribution in [3.05, 3.63) is 64.7 Å². The summed E-state index contributed by atoms with van der Waals surface area (Å²) in [6, 6.07) is 14.9. The first kappa shape index (κ1) is 21.9. The van der Waals surface area contributed by atoms with Crippen LogP contribution in [0.25, 0.3) is 0 Å². The van der Waals surface area contributed by atoms with E-state index >= 15 is 0 Å². The van der Waals surface area contributed by atoms with Crippen LogP contribution in [0.15, 0.2) is 48.5 Å². The molecule has 2 amide bonds. The molecule has 0 heterocycles. The summed E-state index contributed by atoms with van der Waals surface area (Å²) in [5, 5.41) is 6.50. The number of hydrogen-bond donors (Lipinski definition) is 2. The summed E-state index contributed by atoms with van der Waals surface area (Å²) in [7, 11) is 0. The Morgan fingerprint density at radius 3 is 2.36 bits per heavy atom. The van der Waals surface area contributed by atoms with Gasteiger partial charge in [0.2, 0.25) is 11.8 Å². The molecule has 0 saturated heterocycles. The number of amides is 2. The monoisotopic (exact) mass is 401 g/mol. The molecule has 0 saturated carbocycles. The van der Waals surface area contributed by atoms with Crippen LogP contribution in [-0.2, 0) is 9.59 Å². The highest BCUT2D eigenvalue weighted by Crippen LogP contribution is 2.22. The normalized spacial score (nSPS) is 11.9. The molecule has 28 heavy (non-hydrogen) atoms. The predicted molar refractivity (Wildman–Crippen MR) is 115 cm³/mol. The molecular formula is C22H28ClN3O2. The average Bonchev–Trinajstić information content (AvgIpc) is 2.64. The standard InChI is InChI=1S/C22H28ClN3O2/c1-4-13-26(15-22(28)25-20-12-8-5-9-16(20)2)14-21(27)24-17(3)18-10-6-7-11-19(18)23/h5-12,17H,4,13-15H2,1-3H3,(H,24,27)(H,25,28)/t17-/m1/s1. The molecule has 5 nitrogen and oxygen atoms in total. The number of rotatable bonds is 9. The van der Waals surface area contributed by atoms with E-state index in [1.54, 1.807) is 6.07 Å². The third-order valence-electron chi connectivity index (χ3n) is 4.44. The van der Waals surface area contributed by atoms with Gasteiger partial charge in [0.1, 0.15) is 0 Å². The largest absolute Gasteiger partial charge is 0.348 e. The number of para-hydroxylation sites is 1. The van der Waals surface area contributed by atoms with Gasteiger partial charge < -0.3 is 10.6 Å². The van der Waals surface area contributed by atoms with Crippen molar-refractivity contribution in [1.82, 2.24) is 10.2 Å². The van der Waals surface area contributed by atoms with Crippen molar-refractivity contribution in [2.45, 2.75) is 33.2 Å². The molecule has 1 atom stereocenters. The van der Waals surface area contributed by atoms with Crippen molar-refractivity contribution in [3.63, 3.8) is 0 Å². The summed E-state index contributed by atoms with van der Waals surface area (Å²) in [5.41, 5.74) is 2.67. The maximum absolute atomic E-state index is 12.5. The summed E-state index contributed by atoms with van der Waals surface area (Å²) in [6.45, 7) is 6.85. The van der Waals surface area contributed by atoms with Gasteiger partial charge in [-0.15, -0.1) is 0 Å². The number of nitrogens with zero attached hydrogens (tertiary/aromatic N) is 1. The highest BCUT2D eigenvalue weighted by molar-refractivity contribution is 6.31. The molecule has 2 aromatic carbocycles. The molecule has 0 aliphatic carbocycles. The molecule has 0 spiro atoms. The van der Waals surface area contributed by atoms with Gasteiger partial charge in [0.25, 0.3) is 0 Å². The van der Waals surface area contributed by atoms with Gasteiger partial charge >= 0.3 is 0 Å². The number of anilines is 1. The van der Waals surface area contributed by atoms with Crippen LogP contribution < -0.4 is 10.6 Å². The third-order valence-corrected chi connectivity index (χ3v) is 4.79. The number of aryl methyl sites for hydroxylation is 1. The quantitative estimate of drug-likeness (QED) is 0.662. The first-order valence-electron chi connectivity index (χ1n) is 9.52. The van der Waals surface area contributed by atoms with Crippen LogP contribution in [-0.4, -0.2) is 36.3 Å². The molecule has 0 bridgehead atoms. The zero-order chi connectivity index (χ0) is 20.5. The lowest BCUT2D eigenvalue weighted by atomic mass is 10.1. The average molecular weight is 402 g/mol. The number of nitrogens with one attached hydrogen (secondary N) is 2. The Kier molecular flexibility index (Phi) is 8.48. The van der Waals surface area contributed by atoms with Crippen LogP contribution in [0.3, 0.4) is 0 Å². The van der Waals surface area contributed by atoms with Crippen LogP contribution in [0, 0.1) is 6.92 Å². The van der Waals surface area contributed by atoms with E-state index in [4.69, 9.17) is 11.6 Å². The topological polar surface area (TPSA) is 61.4 Å². The predicted octanol–water partition coefficient (Wildman–Crippen LogP) is 4.18. The lowest BCUT2D eigenvalue weighted by molar-refractivity contribution is -0.124. The molecular weight excluding hydrogens is 374 g/mol. The van der Waals surface area contributed by atoms with E-state index in [-0.39, 0.29) is 30.9 Å². The second-order valence-electron chi connectivity index (χ2n) is 6.88. The summed E-state index contributed by atoms with van der Waals surface area (Å²) < 4.78 is 0. The Balaban J connectivity index is 1.92. The Morgan fingerprint density at radius 1 is 1.04 bits per heavy atom. The van der Waals surface area contributed by atoms with Gasteiger partial charge in [-0.05, 0) is 50.1 Å². The van der Waals surface area contributed by atoms with Crippen molar-refractivity contribution < 1.29 is 9.59 Å². The van der Waals surface area contributed by atoms with Gasteiger partial charge in [0.05, 0.1) is 19.1 Å². The summed E-state index contributed by atoms with van der Waals surface area (Å²) >= 11 is 6.20. The lowest BCUT2D eigenvalue weighted by Gasteiger charge is -2.22. The van der Waals surface area contributed by atoms with Crippen LogP contribution in [0.5, 0.6) is 0 Å². The zero-order valence-corrected chi connectivity index (χ0v) is 17.4. The van der Waals surface area contributed by atoms with Crippen molar-refractivity contribution in [2.24, 2.45) is 0 Å². The third kappa shape index (κ3) is 6.66. The van der Waals surface area contributed by atoms with E-state index in [1.807, 2.05) is 68.1 Å². The van der Waals surface area contributed by atoms with Crippen molar-refractivity contribution in [3.8, 4) is 0 Å². The maximum Gasteiger partial charge on any atom is 0.238 e. The fourth-order valence-corrected chi connectivity index (χ4v) is 3.33. The van der Waals surface area contributed by atoms with E-state index in [0.717, 1.165) is 23.2 Å². The van der Waals surface area contributed by atoms with E-state index in [0.29, 0.717) is 11.6 Å². The number of hydrogen-bond acceptors (Lipinski definition) is 3. The van der Waals surface area contributed by atoms with Gasteiger partial charge in [0.15, 0.2) is 0 Å². The molecule has 2 aromatic rings. The van der Waals surface area contributed by atoms with E-state index in [9.17, 15) is 9.59 Å². The second-order valence-corrected chi connectivity index (χ2v) is 7.29. The van der Waals surface area contributed by atoms with E-state index < -0.39 is 0 Å². The highest BCUT2D eigenvalue weighted by atomic mass is 35.5. The van der Waals surface area contributed by atoms with Crippen molar-refractivity contribution >= 4 is 29.1 Å². The van der Waals surface area contributed by atoms with Gasteiger partial charge in [-0.3, -0.25) is 14.5 Å². The molecule has 6 heteroatoms. The van der Waals surface area contributed by atoms with Gasteiger partial charge in [-0.2, -0.15) is 0 Å². The summed E-state index contributed by atoms with van der Waals surface area (Å²) in [6.07, 6.45) is 0.852. The number of benzene rings is 2. The Morgan fingerprint density at radius 2 is 1.68 bits per heavy atom. The highest BCUT2D eigenvalue weighted by Gasteiger charge is 2.17. The molecule has 150 valence electrons. The smallest absolute Gasteiger partial charge is 0.238 e. The first-order valence-corrected chi connectivity index (χ1v) is 9.90. The molecule has 0 fully saturated rings. The van der Waals surface area contributed by atoms with Crippen LogP contribution in [0.2, 0.25) is 5.02 Å². The molecule has 0 aromatic heterocycles. The minimum Gasteiger partial charge on any atom is -0.348 e. The van der Waals surface area contributed by atoms with Crippen LogP contribution >= 0.6 is 11.6 Å². The molecule has 0 aliphatic heterocycles. The Hall–Kier alpha value is -2.37. The number of halogens is 1. The molecule has 0 unspecified atom stereocenters. The number of carbonyl (C=O) groups excluding carboxylic acids is 2. The Labute approximate surface area is 172 Å². The summed E-state index contributed by atoms with van der Waals surface area (Å²) in [4.78, 5) is 26.8. The Bertz CT molecular complexity index is 810. The SMILES string of the molecule is CCCN(CC(=O)Nc1ccccc1C)CC(=O)N[C@H](C)c1ccccc1Cl. The summed E-state index contributed by atoms with van der Waals surface area (Å²) in [5.74, 6) is -0.265. The van der Waals surface area contributed by atoms with Gasteiger partial charge in [-0.1, -0.05) is 54.9 Å². The van der Waals surface area contributed by atoms with E-state index in [2.05, 4.69) is 10.6 Å². The zero-order valence-electron chi connectivity index (χ0n) is 16.7. The fraction of sp³-hybridized carbons (Fsp3) is 0.364. The van der Waals surface area contributed by atoms with Gasteiger partial charge in [0, 0.05) is 10.7 Å². The maximum atomic E-state index is 12.5.